The van der Waals surface area contributed by atoms with Crippen molar-refractivity contribution in [1.29, 1.82) is 0 Å². The number of benzene rings is 1. The zero-order valence-electron chi connectivity index (χ0n) is 18.3. The summed E-state index contributed by atoms with van der Waals surface area (Å²) in [5.41, 5.74) is 0.707. The van der Waals surface area contributed by atoms with E-state index in [2.05, 4.69) is 10.3 Å². The minimum Gasteiger partial charge on any atom is -0.376 e. The van der Waals surface area contributed by atoms with Crippen LogP contribution in [0, 0.1) is 0 Å². The van der Waals surface area contributed by atoms with Gasteiger partial charge in [-0.25, -0.2) is 4.98 Å². The molecule has 7 heteroatoms. The summed E-state index contributed by atoms with van der Waals surface area (Å²) in [7, 11) is 0. The Balaban J connectivity index is 1.49. The number of nitrogens with one attached hydrogen (secondary N) is 1. The molecule has 5 rings (SSSR count). The number of amides is 2. The number of carbonyl (C=O) groups is 2. The smallest absolute Gasteiger partial charge is 0.290 e. The summed E-state index contributed by atoms with van der Waals surface area (Å²) in [5.74, 6) is 0.171. The summed E-state index contributed by atoms with van der Waals surface area (Å²) in [4.78, 5) is 33.7. The Labute approximate surface area is 183 Å². The molecule has 3 aliphatic rings. The van der Waals surface area contributed by atoms with E-state index in [1.807, 2.05) is 35.8 Å². The van der Waals surface area contributed by atoms with Crippen LogP contribution in [-0.4, -0.2) is 57.1 Å². The van der Waals surface area contributed by atoms with Gasteiger partial charge in [-0.15, -0.1) is 0 Å². The maximum atomic E-state index is 13.7. The number of para-hydroxylation sites is 2. The van der Waals surface area contributed by atoms with Gasteiger partial charge < -0.3 is 19.5 Å². The zero-order valence-corrected chi connectivity index (χ0v) is 18.3. The van der Waals surface area contributed by atoms with Crippen LogP contribution in [0.4, 0.5) is 0 Å². The van der Waals surface area contributed by atoms with Gasteiger partial charge in [0.05, 0.1) is 23.7 Å². The number of aromatic nitrogens is 2. The predicted octanol–water partition coefficient (Wildman–Crippen LogP) is 3.27. The van der Waals surface area contributed by atoms with E-state index in [4.69, 9.17) is 4.74 Å². The molecule has 3 heterocycles. The van der Waals surface area contributed by atoms with Crippen LogP contribution in [0.15, 0.2) is 24.3 Å². The number of imidazole rings is 1. The molecule has 0 radical (unpaired) electrons. The molecule has 2 atom stereocenters. The maximum absolute atomic E-state index is 13.7. The topological polar surface area (TPSA) is 76.5 Å². The summed E-state index contributed by atoms with van der Waals surface area (Å²) in [6, 6.07) is 7.95. The molecule has 166 valence electrons. The van der Waals surface area contributed by atoms with E-state index in [9.17, 15) is 9.59 Å². The largest absolute Gasteiger partial charge is 0.376 e. The van der Waals surface area contributed by atoms with E-state index in [1.54, 1.807) is 4.90 Å². The minimum absolute atomic E-state index is 0.0233. The van der Waals surface area contributed by atoms with Crippen LogP contribution in [0.3, 0.4) is 0 Å². The lowest BCUT2D eigenvalue weighted by Gasteiger charge is -2.44. The Morgan fingerprint density at radius 2 is 1.94 bits per heavy atom. The highest BCUT2D eigenvalue weighted by Crippen LogP contribution is 2.32. The number of ether oxygens (including phenoxy) is 1. The van der Waals surface area contributed by atoms with Crippen LogP contribution in [0.5, 0.6) is 0 Å². The van der Waals surface area contributed by atoms with Gasteiger partial charge >= 0.3 is 0 Å². The normalized spacial score (nSPS) is 27.3. The minimum atomic E-state index is -0.980. The molecule has 1 N–H and O–H groups in total. The van der Waals surface area contributed by atoms with Crippen molar-refractivity contribution in [2.24, 2.45) is 0 Å². The Bertz CT molecular complexity index is 972. The van der Waals surface area contributed by atoms with Crippen molar-refractivity contribution in [1.82, 2.24) is 19.8 Å². The fourth-order valence-electron chi connectivity index (χ4n) is 5.37. The molecule has 1 aromatic carbocycles. The summed E-state index contributed by atoms with van der Waals surface area (Å²) >= 11 is 0. The van der Waals surface area contributed by atoms with E-state index in [-0.39, 0.29) is 24.0 Å². The van der Waals surface area contributed by atoms with E-state index < -0.39 is 5.54 Å². The summed E-state index contributed by atoms with van der Waals surface area (Å²) in [5, 5.41) is 3.31. The first kappa shape index (κ1) is 20.5. The fraction of sp³-hybridized carbons (Fsp3) is 0.625. The van der Waals surface area contributed by atoms with Crippen LogP contribution in [0.2, 0.25) is 0 Å². The molecule has 1 aliphatic carbocycles. The van der Waals surface area contributed by atoms with Crippen molar-refractivity contribution in [3.63, 3.8) is 0 Å². The molecule has 0 spiro atoms. The van der Waals surface area contributed by atoms with Gasteiger partial charge in [-0.1, -0.05) is 37.8 Å². The van der Waals surface area contributed by atoms with E-state index >= 15 is 0 Å². The monoisotopic (exact) mass is 424 g/mol. The molecule has 2 amide bonds. The van der Waals surface area contributed by atoms with Crippen molar-refractivity contribution in [3.8, 4) is 0 Å². The lowest BCUT2D eigenvalue weighted by molar-refractivity contribution is -0.134. The van der Waals surface area contributed by atoms with E-state index in [0.29, 0.717) is 18.9 Å². The Kier molecular flexibility index (Phi) is 5.46. The lowest BCUT2D eigenvalue weighted by Crippen LogP contribution is -2.66. The molecular weight excluding hydrogens is 392 g/mol. The fourth-order valence-corrected chi connectivity index (χ4v) is 5.37. The molecule has 2 aromatic rings. The molecule has 1 saturated heterocycles. The summed E-state index contributed by atoms with van der Waals surface area (Å²) in [6.07, 6.45) is 8.69. The second-order valence-corrected chi connectivity index (χ2v) is 9.50. The molecule has 0 bridgehead atoms. The average Bonchev–Trinajstić information content (AvgIpc) is 3.33. The Hall–Kier alpha value is -2.41. The first-order chi connectivity index (χ1) is 15.1. The van der Waals surface area contributed by atoms with Gasteiger partial charge in [-0.05, 0) is 44.7 Å². The van der Waals surface area contributed by atoms with Gasteiger partial charge in [0, 0.05) is 19.2 Å². The number of rotatable bonds is 4. The van der Waals surface area contributed by atoms with Crippen molar-refractivity contribution < 1.29 is 14.3 Å². The third kappa shape index (κ3) is 3.73. The van der Waals surface area contributed by atoms with Crippen molar-refractivity contribution in [2.75, 3.05) is 13.2 Å². The summed E-state index contributed by atoms with van der Waals surface area (Å²) < 4.78 is 7.76. The Morgan fingerprint density at radius 3 is 2.68 bits per heavy atom. The molecule has 2 aliphatic heterocycles. The number of hydrogen-bond donors (Lipinski definition) is 1. The van der Waals surface area contributed by atoms with Crippen LogP contribution in [0.25, 0.3) is 11.0 Å². The van der Waals surface area contributed by atoms with Crippen LogP contribution >= 0.6 is 0 Å². The van der Waals surface area contributed by atoms with Crippen LogP contribution in [0.1, 0.15) is 68.9 Å². The second kappa shape index (κ2) is 8.26. The van der Waals surface area contributed by atoms with Crippen molar-refractivity contribution in [2.45, 2.75) is 82.5 Å². The van der Waals surface area contributed by atoms with Gasteiger partial charge in [0.2, 0.25) is 5.91 Å². The number of hydrogen-bond acceptors (Lipinski definition) is 4. The third-order valence-electron chi connectivity index (χ3n) is 7.24. The molecule has 1 saturated carbocycles. The zero-order chi connectivity index (χ0) is 21.4. The quantitative estimate of drug-likeness (QED) is 0.765. The SMILES string of the molecule is C[C@]1(C(=O)NC2CCCCCC2)Cn2c(nc3ccccc32)C(=O)N1C[C@H]1CCCO1. The van der Waals surface area contributed by atoms with Gasteiger partial charge in [0.25, 0.3) is 5.91 Å². The maximum Gasteiger partial charge on any atom is 0.290 e. The third-order valence-corrected chi connectivity index (χ3v) is 7.24. The highest BCUT2D eigenvalue weighted by Gasteiger charge is 2.49. The van der Waals surface area contributed by atoms with Gasteiger partial charge in [0.15, 0.2) is 5.82 Å². The highest BCUT2D eigenvalue weighted by molar-refractivity contribution is 6.01. The van der Waals surface area contributed by atoms with Crippen LogP contribution < -0.4 is 5.32 Å². The number of nitrogens with zero attached hydrogens (tertiary/aromatic N) is 3. The second-order valence-electron chi connectivity index (χ2n) is 9.50. The van der Waals surface area contributed by atoms with Crippen LogP contribution in [-0.2, 0) is 16.1 Å². The average molecular weight is 425 g/mol. The molecule has 2 fully saturated rings. The first-order valence-corrected chi connectivity index (χ1v) is 11.8. The Morgan fingerprint density at radius 1 is 1.16 bits per heavy atom. The molecular formula is C24H32N4O3. The predicted molar refractivity (Wildman–Crippen MR) is 118 cm³/mol. The van der Waals surface area contributed by atoms with Gasteiger partial charge in [0.1, 0.15) is 5.54 Å². The summed E-state index contributed by atoms with van der Waals surface area (Å²) in [6.45, 7) is 3.45. The van der Waals surface area contributed by atoms with Crippen molar-refractivity contribution >= 4 is 22.8 Å². The van der Waals surface area contributed by atoms with Gasteiger partial charge in [-0.2, -0.15) is 0 Å². The first-order valence-electron chi connectivity index (χ1n) is 11.8. The number of carbonyl (C=O) groups excluding carboxylic acids is 2. The van der Waals surface area contributed by atoms with Gasteiger partial charge in [-0.3, -0.25) is 9.59 Å². The standard InChI is InChI=1S/C24H32N4O3/c1-24(23(30)25-17-9-4-2-3-5-10-17)16-27-20-13-7-6-12-19(20)26-21(27)22(29)28(24)15-18-11-8-14-31-18/h6-7,12-13,17-18H,2-5,8-11,14-16H2,1H3,(H,25,30)/t18-,24-/m1/s1. The highest BCUT2D eigenvalue weighted by atomic mass is 16.5. The molecule has 0 unspecified atom stereocenters. The molecule has 1 aromatic heterocycles. The lowest BCUT2D eigenvalue weighted by atomic mass is 9.93. The molecule has 31 heavy (non-hydrogen) atoms. The van der Waals surface area contributed by atoms with E-state index in [1.165, 1.54) is 12.8 Å². The van der Waals surface area contributed by atoms with Crippen molar-refractivity contribution in [3.05, 3.63) is 30.1 Å². The number of fused-ring (bicyclic) bond motifs is 3. The van der Waals surface area contributed by atoms with E-state index in [0.717, 1.165) is 56.2 Å². The molecule has 7 nitrogen and oxygen atoms in total.